The van der Waals surface area contributed by atoms with Gasteiger partial charge < -0.3 is 15.2 Å². The summed E-state index contributed by atoms with van der Waals surface area (Å²) in [6.45, 7) is 5.84. The zero-order valence-electron chi connectivity index (χ0n) is 15.8. The summed E-state index contributed by atoms with van der Waals surface area (Å²) in [5.41, 5.74) is 4.55. The lowest BCUT2D eigenvalue weighted by Gasteiger charge is -2.24. The molecule has 2 N–H and O–H groups in total. The van der Waals surface area contributed by atoms with E-state index in [0.717, 1.165) is 22.3 Å². The number of nitrogens with one attached hydrogen (secondary N) is 1. The average molecular weight is 367 g/mol. The fraction of sp³-hybridized carbons (Fsp3) is 0.364. The molecule has 2 aromatic carbocycles. The number of carbonyl (C=O) groups excluding carboxylic acids is 1. The van der Waals surface area contributed by atoms with Gasteiger partial charge in [-0.1, -0.05) is 69.3 Å². The summed E-state index contributed by atoms with van der Waals surface area (Å²) in [6.07, 6.45) is -0.697. The summed E-state index contributed by atoms with van der Waals surface area (Å²) in [4.78, 5) is 23.8. The van der Waals surface area contributed by atoms with Gasteiger partial charge in [-0.2, -0.15) is 0 Å². The maximum atomic E-state index is 12.3. The predicted molar refractivity (Wildman–Crippen MR) is 104 cm³/mol. The van der Waals surface area contributed by atoms with Gasteiger partial charge in [-0.15, -0.1) is 0 Å². The fourth-order valence-electron chi connectivity index (χ4n) is 3.57. The van der Waals surface area contributed by atoms with Crippen LogP contribution in [0.2, 0.25) is 0 Å². The highest BCUT2D eigenvalue weighted by Crippen LogP contribution is 2.44. The van der Waals surface area contributed by atoms with Crippen molar-refractivity contribution in [2.75, 3.05) is 6.61 Å². The van der Waals surface area contributed by atoms with Crippen LogP contribution in [0.25, 0.3) is 11.1 Å². The van der Waals surface area contributed by atoms with E-state index >= 15 is 0 Å². The average Bonchev–Trinajstić information content (AvgIpc) is 2.97. The fourth-order valence-corrected chi connectivity index (χ4v) is 3.57. The topological polar surface area (TPSA) is 75.6 Å². The molecule has 27 heavy (non-hydrogen) atoms. The minimum absolute atomic E-state index is 0.0473. The minimum atomic E-state index is -1.05. The number of fused-ring (bicyclic) bond motifs is 3. The summed E-state index contributed by atoms with van der Waals surface area (Å²) in [7, 11) is 0. The van der Waals surface area contributed by atoms with E-state index in [2.05, 4.69) is 17.4 Å². The third-order valence-corrected chi connectivity index (χ3v) is 5.46. The van der Waals surface area contributed by atoms with Crippen LogP contribution in [0, 0.1) is 11.8 Å². The minimum Gasteiger partial charge on any atom is -0.480 e. The number of alkyl carbamates (subject to hydrolysis) is 1. The molecule has 0 saturated heterocycles. The van der Waals surface area contributed by atoms with Crippen LogP contribution in [-0.4, -0.2) is 29.8 Å². The van der Waals surface area contributed by atoms with Gasteiger partial charge >= 0.3 is 12.1 Å². The Kier molecular flexibility index (Phi) is 5.49. The third kappa shape index (κ3) is 3.82. The molecule has 0 fully saturated rings. The molecule has 1 amide bonds. The standard InChI is InChI=1S/C22H25NO4/c1-13(2)14(3)20(21(24)25)23-22(26)27-12-19-17-10-6-4-8-15(17)16-9-5-7-11-18(16)19/h4-11,13-14,19-20H,12H2,1-3H3,(H,23,26)(H,24,25)/t14?,20-/m0/s1. The van der Waals surface area contributed by atoms with Crippen LogP contribution in [0.1, 0.15) is 37.8 Å². The van der Waals surface area contributed by atoms with Gasteiger partial charge in [-0.05, 0) is 34.1 Å². The Hall–Kier alpha value is -2.82. The van der Waals surface area contributed by atoms with Crippen molar-refractivity contribution in [3.05, 3.63) is 59.7 Å². The van der Waals surface area contributed by atoms with E-state index < -0.39 is 18.1 Å². The number of benzene rings is 2. The summed E-state index contributed by atoms with van der Waals surface area (Å²) in [6, 6.07) is 15.2. The summed E-state index contributed by atoms with van der Waals surface area (Å²) >= 11 is 0. The molecule has 0 radical (unpaired) electrons. The second-order valence-electron chi connectivity index (χ2n) is 7.39. The molecular weight excluding hydrogens is 342 g/mol. The molecule has 1 aliphatic rings. The third-order valence-electron chi connectivity index (χ3n) is 5.46. The molecule has 1 unspecified atom stereocenters. The number of carboxylic acid groups (broad SMARTS) is 1. The van der Waals surface area contributed by atoms with Crippen LogP contribution in [0.5, 0.6) is 0 Å². The van der Waals surface area contributed by atoms with Gasteiger partial charge in [0.05, 0.1) is 0 Å². The molecule has 1 aliphatic carbocycles. The Morgan fingerprint density at radius 2 is 1.52 bits per heavy atom. The molecule has 5 heteroatoms. The molecule has 0 bridgehead atoms. The Bertz CT molecular complexity index is 800. The molecule has 0 spiro atoms. The van der Waals surface area contributed by atoms with Crippen LogP contribution in [-0.2, 0) is 9.53 Å². The highest BCUT2D eigenvalue weighted by atomic mass is 16.5. The lowest BCUT2D eigenvalue weighted by molar-refractivity contribution is -0.141. The van der Waals surface area contributed by atoms with Crippen molar-refractivity contribution in [2.45, 2.75) is 32.7 Å². The summed E-state index contributed by atoms with van der Waals surface area (Å²) in [5, 5.41) is 11.9. The highest BCUT2D eigenvalue weighted by molar-refractivity contribution is 5.81. The number of hydrogen-bond acceptors (Lipinski definition) is 3. The van der Waals surface area contributed by atoms with E-state index in [0.29, 0.717) is 0 Å². The number of hydrogen-bond donors (Lipinski definition) is 2. The first-order valence-corrected chi connectivity index (χ1v) is 9.24. The van der Waals surface area contributed by atoms with Gasteiger partial charge in [0.2, 0.25) is 0 Å². The quantitative estimate of drug-likeness (QED) is 0.799. The van der Waals surface area contributed by atoms with Gasteiger partial charge in [0.1, 0.15) is 12.6 Å². The lowest BCUT2D eigenvalue weighted by Crippen LogP contribution is -2.47. The summed E-state index contributed by atoms with van der Waals surface area (Å²) < 4.78 is 5.44. The Morgan fingerprint density at radius 1 is 1.00 bits per heavy atom. The molecule has 3 rings (SSSR count). The van der Waals surface area contributed by atoms with Crippen LogP contribution in [0.3, 0.4) is 0 Å². The highest BCUT2D eigenvalue weighted by Gasteiger charge is 2.31. The smallest absolute Gasteiger partial charge is 0.407 e. The molecule has 142 valence electrons. The van der Waals surface area contributed by atoms with Crippen molar-refractivity contribution in [1.82, 2.24) is 5.32 Å². The van der Waals surface area contributed by atoms with E-state index in [1.54, 1.807) is 0 Å². The van der Waals surface area contributed by atoms with Crippen molar-refractivity contribution >= 4 is 12.1 Å². The van der Waals surface area contributed by atoms with Crippen molar-refractivity contribution < 1.29 is 19.4 Å². The van der Waals surface area contributed by atoms with Crippen LogP contribution < -0.4 is 5.32 Å². The van der Waals surface area contributed by atoms with Gasteiger partial charge in [0.15, 0.2) is 0 Å². The van der Waals surface area contributed by atoms with Crippen LogP contribution in [0.4, 0.5) is 4.79 Å². The molecule has 5 nitrogen and oxygen atoms in total. The number of amides is 1. The van der Waals surface area contributed by atoms with Gasteiger partial charge in [0.25, 0.3) is 0 Å². The first-order valence-electron chi connectivity index (χ1n) is 9.24. The van der Waals surface area contributed by atoms with Crippen molar-refractivity contribution in [3.8, 4) is 11.1 Å². The Labute approximate surface area is 159 Å². The molecular formula is C22H25NO4. The van der Waals surface area contributed by atoms with Gasteiger partial charge in [-0.3, -0.25) is 0 Å². The zero-order valence-corrected chi connectivity index (χ0v) is 15.8. The normalized spacial score (nSPS) is 15.0. The largest absolute Gasteiger partial charge is 0.480 e. The van der Waals surface area contributed by atoms with Gasteiger partial charge in [0, 0.05) is 5.92 Å². The molecule has 0 aliphatic heterocycles. The van der Waals surface area contributed by atoms with E-state index in [4.69, 9.17) is 4.74 Å². The Morgan fingerprint density at radius 3 is 2.00 bits per heavy atom. The molecule has 2 aromatic rings. The van der Waals surface area contributed by atoms with Crippen LogP contribution >= 0.6 is 0 Å². The number of ether oxygens (including phenoxy) is 1. The molecule has 0 heterocycles. The lowest BCUT2D eigenvalue weighted by atomic mass is 9.90. The molecule has 0 saturated carbocycles. The SMILES string of the molecule is CC(C)C(C)[C@H](NC(=O)OCC1c2ccccc2-c2ccccc21)C(=O)O. The summed E-state index contributed by atoms with van der Waals surface area (Å²) in [5.74, 6) is -1.18. The maximum Gasteiger partial charge on any atom is 0.407 e. The Balaban J connectivity index is 1.71. The monoisotopic (exact) mass is 367 g/mol. The molecule has 2 atom stereocenters. The van der Waals surface area contributed by atoms with Crippen molar-refractivity contribution in [3.63, 3.8) is 0 Å². The van der Waals surface area contributed by atoms with E-state index in [9.17, 15) is 14.7 Å². The van der Waals surface area contributed by atoms with Crippen molar-refractivity contribution in [1.29, 1.82) is 0 Å². The predicted octanol–water partition coefficient (Wildman–Crippen LogP) is 4.27. The van der Waals surface area contributed by atoms with Crippen LogP contribution in [0.15, 0.2) is 48.5 Å². The number of aliphatic carboxylic acids is 1. The maximum absolute atomic E-state index is 12.3. The first-order chi connectivity index (χ1) is 12.9. The van der Waals surface area contributed by atoms with Crippen molar-refractivity contribution in [2.24, 2.45) is 11.8 Å². The number of carboxylic acids is 1. The number of carbonyl (C=O) groups is 2. The second kappa shape index (κ2) is 7.82. The number of rotatable bonds is 6. The van der Waals surface area contributed by atoms with Gasteiger partial charge in [-0.25, -0.2) is 9.59 Å². The van der Waals surface area contributed by atoms with E-state index in [1.807, 2.05) is 57.2 Å². The zero-order chi connectivity index (χ0) is 19.6. The molecule has 0 aromatic heterocycles. The second-order valence-corrected chi connectivity index (χ2v) is 7.39. The first kappa shape index (κ1) is 19.0. The van der Waals surface area contributed by atoms with E-state index in [-0.39, 0.29) is 24.4 Å². The van der Waals surface area contributed by atoms with E-state index in [1.165, 1.54) is 0 Å².